The Morgan fingerprint density at radius 3 is 2.63 bits per heavy atom. The molecule has 19 heavy (non-hydrogen) atoms. The molecule has 1 unspecified atom stereocenters. The Hall–Kier alpha value is -0.180. The quantitative estimate of drug-likeness (QED) is 0.607. The van der Waals surface area contributed by atoms with E-state index >= 15 is 0 Å². The van der Waals surface area contributed by atoms with Crippen LogP contribution in [0, 0.1) is 5.92 Å². The minimum Gasteiger partial charge on any atom is -0.316 e. The lowest BCUT2D eigenvalue weighted by molar-refractivity contribution is 0.359. The molecule has 1 aliphatic carbocycles. The first-order valence-corrected chi connectivity index (χ1v) is 8.71. The van der Waals surface area contributed by atoms with Gasteiger partial charge in [-0.1, -0.05) is 43.4 Å². The van der Waals surface area contributed by atoms with Crippen LogP contribution in [-0.2, 0) is 0 Å². The predicted octanol–water partition coefficient (Wildman–Crippen LogP) is 4.99. The SMILES string of the molecule is CNC(CSc1cccc(Cl)c1)C1CCCCCC1. The molecule has 0 amide bonds. The molecule has 1 aliphatic rings. The van der Waals surface area contributed by atoms with Crippen molar-refractivity contribution in [3.8, 4) is 0 Å². The lowest BCUT2D eigenvalue weighted by Crippen LogP contribution is -2.35. The Morgan fingerprint density at radius 1 is 1.26 bits per heavy atom. The number of benzene rings is 1. The Morgan fingerprint density at radius 2 is 2.00 bits per heavy atom. The first kappa shape index (κ1) is 15.2. The van der Waals surface area contributed by atoms with Crippen molar-refractivity contribution < 1.29 is 0 Å². The van der Waals surface area contributed by atoms with Gasteiger partial charge in [0, 0.05) is 21.7 Å². The van der Waals surface area contributed by atoms with E-state index in [2.05, 4.69) is 24.5 Å². The maximum atomic E-state index is 6.04. The number of nitrogens with one attached hydrogen (secondary N) is 1. The Kier molecular flexibility index (Phi) is 6.55. The second kappa shape index (κ2) is 8.18. The summed E-state index contributed by atoms with van der Waals surface area (Å²) in [5.41, 5.74) is 0. The van der Waals surface area contributed by atoms with Crippen molar-refractivity contribution in [1.29, 1.82) is 0 Å². The van der Waals surface area contributed by atoms with Gasteiger partial charge in [0.2, 0.25) is 0 Å². The minimum atomic E-state index is 0.627. The van der Waals surface area contributed by atoms with E-state index in [4.69, 9.17) is 11.6 Å². The summed E-state index contributed by atoms with van der Waals surface area (Å²) in [6.45, 7) is 0. The van der Waals surface area contributed by atoms with E-state index in [1.807, 2.05) is 23.9 Å². The van der Waals surface area contributed by atoms with Crippen molar-refractivity contribution in [1.82, 2.24) is 5.32 Å². The molecule has 0 aliphatic heterocycles. The van der Waals surface area contributed by atoms with E-state index in [0.717, 1.165) is 16.7 Å². The van der Waals surface area contributed by atoms with Crippen molar-refractivity contribution in [3.63, 3.8) is 0 Å². The summed E-state index contributed by atoms with van der Waals surface area (Å²) in [5.74, 6) is 1.99. The molecule has 0 heterocycles. The van der Waals surface area contributed by atoms with Gasteiger partial charge < -0.3 is 5.32 Å². The van der Waals surface area contributed by atoms with E-state index in [1.165, 1.54) is 43.4 Å². The highest BCUT2D eigenvalue weighted by molar-refractivity contribution is 7.99. The summed E-state index contributed by atoms with van der Waals surface area (Å²) in [4.78, 5) is 1.28. The molecular weight excluding hydrogens is 274 g/mol. The zero-order valence-corrected chi connectivity index (χ0v) is 13.3. The fourth-order valence-corrected chi connectivity index (χ4v) is 4.36. The Labute approximate surface area is 126 Å². The summed E-state index contributed by atoms with van der Waals surface area (Å²) >= 11 is 7.96. The molecular formula is C16H24ClNS. The van der Waals surface area contributed by atoms with Crippen LogP contribution in [0.4, 0.5) is 0 Å². The molecule has 106 valence electrons. The monoisotopic (exact) mass is 297 g/mol. The molecule has 0 radical (unpaired) electrons. The molecule has 1 saturated carbocycles. The summed E-state index contributed by atoms with van der Waals surface area (Å²) in [6.07, 6.45) is 8.45. The third-order valence-corrected chi connectivity index (χ3v) is 5.41. The van der Waals surface area contributed by atoms with E-state index in [9.17, 15) is 0 Å². The molecule has 0 saturated heterocycles. The van der Waals surface area contributed by atoms with E-state index in [-0.39, 0.29) is 0 Å². The van der Waals surface area contributed by atoms with Gasteiger partial charge in [-0.15, -0.1) is 11.8 Å². The zero-order valence-electron chi connectivity index (χ0n) is 11.7. The van der Waals surface area contributed by atoms with Gasteiger partial charge in [0.25, 0.3) is 0 Å². The summed E-state index contributed by atoms with van der Waals surface area (Å²) in [7, 11) is 2.11. The summed E-state index contributed by atoms with van der Waals surface area (Å²) in [6, 6.07) is 8.81. The maximum absolute atomic E-state index is 6.04. The molecule has 0 bridgehead atoms. The third kappa shape index (κ3) is 5.02. The molecule has 0 aromatic heterocycles. The van der Waals surface area contributed by atoms with Crippen LogP contribution in [0.15, 0.2) is 29.2 Å². The zero-order chi connectivity index (χ0) is 13.5. The van der Waals surface area contributed by atoms with Crippen LogP contribution in [-0.4, -0.2) is 18.8 Å². The summed E-state index contributed by atoms with van der Waals surface area (Å²) < 4.78 is 0. The second-order valence-corrected chi connectivity index (χ2v) is 6.95. The van der Waals surface area contributed by atoms with Crippen molar-refractivity contribution in [3.05, 3.63) is 29.3 Å². The lowest BCUT2D eigenvalue weighted by atomic mass is 9.93. The van der Waals surface area contributed by atoms with Crippen LogP contribution >= 0.6 is 23.4 Å². The lowest BCUT2D eigenvalue weighted by Gasteiger charge is -2.25. The van der Waals surface area contributed by atoms with Gasteiger partial charge >= 0.3 is 0 Å². The molecule has 1 fully saturated rings. The predicted molar refractivity (Wildman–Crippen MR) is 86.2 cm³/mol. The van der Waals surface area contributed by atoms with Gasteiger partial charge in [-0.25, -0.2) is 0 Å². The fourth-order valence-electron chi connectivity index (χ4n) is 2.91. The minimum absolute atomic E-state index is 0.627. The molecule has 0 spiro atoms. The highest BCUT2D eigenvalue weighted by atomic mass is 35.5. The van der Waals surface area contributed by atoms with Crippen molar-refractivity contribution in [2.24, 2.45) is 5.92 Å². The van der Waals surface area contributed by atoms with Crippen molar-refractivity contribution >= 4 is 23.4 Å². The molecule has 1 aromatic rings. The smallest absolute Gasteiger partial charge is 0.0417 e. The molecule has 1 N–H and O–H groups in total. The second-order valence-electron chi connectivity index (χ2n) is 5.42. The number of rotatable bonds is 5. The van der Waals surface area contributed by atoms with Gasteiger partial charge in [-0.3, -0.25) is 0 Å². The summed E-state index contributed by atoms with van der Waals surface area (Å²) in [5, 5.41) is 4.36. The average molecular weight is 298 g/mol. The van der Waals surface area contributed by atoms with Gasteiger partial charge in [-0.2, -0.15) is 0 Å². The third-order valence-electron chi connectivity index (χ3n) is 4.07. The van der Waals surface area contributed by atoms with E-state index in [0.29, 0.717) is 6.04 Å². The van der Waals surface area contributed by atoms with Crippen LogP contribution < -0.4 is 5.32 Å². The molecule has 1 nitrogen and oxygen atoms in total. The topological polar surface area (TPSA) is 12.0 Å². The standard InChI is InChI=1S/C16H24ClNS/c1-18-16(13-7-4-2-3-5-8-13)12-19-15-10-6-9-14(17)11-15/h6,9-11,13,16,18H,2-5,7-8,12H2,1H3. The van der Waals surface area contributed by atoms with Crippen molar-refractivity contribution in [2.45, 2.75) is 49.5 Å². The molecule has 1 atom stereocenters. The number of hydrogen-bond acceptors (Lipinski definition) is 2. The largest absolute Gasteiger partial charge is 0.316 e. The van der Waals surface area contributed by atoms with Gasteiger partial charge in [0.1, 0.15) is 0 Å². The van der Waals surface area contributed by atoms with Crippen LogP contribution in [0.25, 0.3) is 0 Å². The van der Waals surface area contributed by atoms with Crippen LogP contribution in [0.3, 0.4) is 0 Å². The first-order chi connectivity index (χ1) is 9.29. The number of hydrogen-bond donors (Lipinski definition) is 1. The average Bonchev–Trinajstić information content (AvgIpc) is 2.69. The molecule has 1 aromatic carbocycles. The maximum Gasteiger partial charge on any atom is 0.0417 e. The molecule has 3 heteroatoms. The van der Waals surface area contributed by atoms with Gasteiger partial charge in [0.05, 0.1) is 0 Å². The van der Waals surface area contributed by atoms with Crippen LogP contribution in [0.1, 0.15) is 38.5 Å². The highest BCUT2D eigenvalue weighted by Crippen LogP contribution is 2.29. The fraction of sp³-hybridized carbons (Fsp3) is 0.625. The normalized spacial score (nSPS) is 19.1. The van der Waals surface area contributed by atoms with Gasteiger partial charge in [0.15, 0.2) is 0 Å². The van der Waals surface area contributed by atoms with E-state index < -0.39 is 0 Å². The number of thioether (sulfide) groups is 1. The number of halogens is 1. The Balaban J connectivity index is 1.87. The van der Waals surface area contributed by atoms with E-state index in [1.54, 1.807) is 0 Å². The van der Waals surface area contributed by atoms with Crippen molar-refractivity contribution in [2.75, 3.05) is 12.8 Å². The molecule has 2 rings (SSSR count). The van der Waals surface area contributed by atoms with Gasteiger partial charge in [-0.05, 0) is 44.0 Å². The highest BCUT2D eigenvalue weighted by Gasteiger charge is 2.21. The Bertz CT molecular complexity index is 375. The first-order valence-electron chi connectivity index (χ1n) is 7.35. The van der Waals surface area contributed by atoms with Crippen LogP contribution in [0.2, 0.25) is 5.02 Å². The van der Waals surface area contributed by atoms with Crippen LogP contribution in [0.5, 0.6) is 0 Å².